The first-order chi connectivity index (χ1) is 9.93. The summed E-state index contributed by atoms with van der Waals surface area (Å²) in [7, 11) is 0. The lowest BCUT2D eigenvalue weighted by Crippen LogP contribution is -2.45. The largest absolute Gasteiger partial charge is 0.416 e. The first-order valence-corrected chi connectivity index (χ1v) is 7.62. The molecule has 0 amide bonds. The Balaban J connectivity index is 0.00000242. The highest BCUT2D eigenvalue weighted by Crippen LogP contribution is 2.39. The van der Waals surface area contributed by atoms with Crippen molar-refractivity contribution in [3.63, 3.8) is 0 Å². The molecule has 1 heterocycles. The molecule has 1 fully saturated rings. The molecule has 0 radical (unpaired) electrons. The van der Waals surface area contributed by atoms with E-state index in [-0.39, 0.29) is 35.9 Å². The van der Waals surface area contributed by atoms with Crippen LogP contribution in [-0.2, 0) is 6.18 Å². The second kappa shape index (κ2) is 9.94. The summed E-state index contributed by atoms with van der Waals surface area (Å²) in [5.41, 5.74) is -0.261. The summed E-state index contributed by atoms with van der Waals surface area (Å²) in [6.45, 7) is 5.16. The lowest BCUT2D eigenvalue weighted by Gasteiger charge is -2.36. The van der Waals surface area contributed by atoms with Crippen LogP contribution in [0, 0.1) is 0 Å². The maximum Gasteiger partial charge on any atom is 0.416 e. The summed E-state index contributed by atoms with van der Waals surface area (Å²) in [4.78, 5) is 2.14. The third kappa shape index (κ3) is 5.98. The van der Waals surface area contributed by atoms with Gasteiger partial charge in [0.15, 0.2) is 0 Å². The number of piperazine rings is 1. The van der Waals surface area contributed by atoms with Crippen molar-refractivity contribution in [3.05, 3.63) is 34.3 Å². The number of hydrogen-bond acceptors (Lipinski definition) is 2. The third-order valence-electron chi connectivity index (χ3n) is 3.83. The van der Waals surface area contributed by atoms with Crippen molar-refractivity contribution in [2.75, 3.05) is 26.2 Å². The summed E-state index contributed by atoms with van der Waals surface area (Å²) in [5.74, 6) is 0. The van der Waals surface area contributed by atoms with Gasteiger partial charge in [-0.3, -0.25) is 4.90 Å². The zero-order chi connectivity index (χ0) is 15.5. The number of hydrogen-bond donors (Lipinski definition) is 1. The molecule has 0 aromatic heterocycles. The van der Waals surface area contributed by atoms with Gasteiger partial charge in [-0.05, 0) is 24.1 Å². The van der Waals surface area contributed by atoms with Crippen LogP contribution in [0.1, 0.15) is 36.9 Å². The summed E-state index contributed by atoms with van der Waals surface area (Å²) in [6.07, 6.45) is -2.82. The van der Waals surface area contributed by atoms with Crippen molar-refractivity contribution < 1.29 is 13.2 Å². The maximum atomic E-state index is 13.3. The highest BCUT2D eigenvalue weighted by atomic mass is 35.5. The number of alkyl halides is 3. The topological polar surface area (TPSA) is 15.3 Å². The molecule has 0 unspecified atom stereocenters. The zero-order valence-electron chi connectivity index (χ0n) is 12.8. The van der Waals surface area contributed by atoms with Gasteiger partial charge >= 0.3 is 6.18 Å². The molecule has 2 nitrogen and oxygen atoms in total. The first-order valence-electron chi connectivity index (χ1n) is 7.25. The predicted molar refractivity (Wildman–Crippen MR) is 93.0 cm³/mol. The Labute approximate surface area is 152 Å². The van der Waals surface area contributed by atoms with Crippen LogP contribution in [0.2, 0.25) is 5.02 Å². The number of nitrogens with zero attached hydrogens (tertiary/aromatic N) is 1. The van der Waals surface area contributed by atoms with E-state index in [0.29, 0.717) is 12.0 Å². The molecular formula is C15H22Cl3F3N2. The molecule has 2 rings (SSSR count). The average Bonchev–Trinajstić information content (AvgIpc) is 2.45. The second-order valence-electron chi connectivity index (χ2n) is 5.32. The van der Waals surface area contributed by atoms with Gasteiger partial charge in [-0.1, -0.05) is 31.0 Å². The molecule has 1 saturated heterocycles. The van der Waals surface area contributed by atoms with E-state index in [4.69, 9.17) is 11.6 Å². The summed E-state index contributed by atoms with van der Waals surface area (Å²) >= 11 is 5.77. The molecule has 1 aliphatic rings. The summed E-state index contributed by atoms with van der Waals surface area (Å²) in [5, 5.41) is 3.36. The van der Waals surface area contributed by atoms with E-state index in [2.05, 4.69) is 10.2 Å². The third-order valence-corrected chi connectivity index (χ3v) is 4.07. The van der Waals surface area contributed by atoms with Gasteiger partial charge in [-0.15, -0.1) is 24.8 Å². The van der Waals surface area contributed by atoms with Crippen LogP contribution >= 0.6 is 36.4 Å². The fourth-order valence-corrected chi connectivity index (χ4v) is 3.04. The molecule has 1 N–H and O–H groups in total. The van der Waals surface area contributed by atoms with E-state index >= 15 is 0 Å². The number of rotatable bonds is 4. The molecule has 8 heteroatoms. The molecule has 1 aliphatic heterocycles. The maximum absolute atomic E-state index is 13.3. The van der Waals surface area contributed by atoms with Crippen molar-refractivity contribution >= 4 is 36.4 Å². The van der Waals surface area contributed by atoms with E-state index in [9.17, 15) is 13.2 Å². The van der Waals surface area contributed by atoms with Crippen LogP contribution in [-0.4, -0.2) is 31.1 Å². The predicted octanol–water partition coefficient (Wildman–Crippen LogP) is 4.95. The Morgan fingerprint density at radius 3 is 2.35 bits per heavy atom. The Bertz CT molecular complexity index is 478. The van der Waals surface area contributed by atoms with Gasteiger partial charge in [0, 0.05) is 37.2 Å². The van der Waals surface area contributed by atoms with Crippen molar-refractivity contribution in [3.8, 4) is 0 Å². The van der Waals surface area contributed by atoms with Crippen molar-refractivity contribution in [2.24, 2.45) is 0 Å². The monoisotopic (exact) mass is 392 g/mol. The molecular weight excluding hydrogens is 372 g/mol. The van der Waals surface area contributed by atoms with E-state index in [1.165, 1.54) is 6.07 Å². The summed E-state index contributed by atoms with van der Waals surface area (Å²) in [6, 6.07) is 3.93. The zero-order valence-corrected chi connectivity index (χ0v) is 15.2. The molecule has 23 heavy (non-hydrogen) atoms. The van der Waals surface area contributed by atoms with Gasteiger partial charge in [-0.2, -0.15) is 13.2 Å². The van der Waals surface area contributed by atoms with Gasteiger partial charge in [-0.25, -0.2) is 0 Å². The number of halogens is 6. The van der Waals surface area contributed by atoms with Gasteiger partial charge in [0.2, 0.25) is 0 Å². The van der Waals surface area contributed by atoms with Crippen LogP contribution in [0.5, 0.6) is 0 Å². The Hall–Kier alpha value is -0.200. The highest BCUT2D eigenvalue weighted by molar-refractivity contribution is 6.30. The average molecular weight is 394 g/mol. The van der Waals surface area contributed by atoms with Gasteiger partial charge < -0.3 is 5.32 Å². The van der Waals surface area contributed by atoms with Gasteiger partial charge in [0.25, 0.3) is 0 Å². The minimum absolute atomic E-state index is 0. The minimum Gasteiger partial charge on any atom is -0.314 e. The van der Waals surface area contributed by atoms with Crippen LogP contribution < -0.4 is 5.32 Å². The van der Waals surface area contributed by atoms with Crippen LogP contribution in [0.25, 0.3) is 0 Å². The highest BCUT2D eigenvalue weighted by Gasteiger charge is 2.36. The van der Waals surface area contributed by atoms with Crippen LogP contribution in [0.3, 0.4) is 0 Å². The molecule has 0 aliphatic carbocycles. The lowest BCUT2D eigenvalue weighted by molar-refractivity contribution is -0.138. The fraction of sp³-hybridized carbons (Fsp3) is 0.600. The van der Waals surface area contributed by atoms with Gasteiger partial charge in [0.1, 0.15) is 0 Å². The van der Waals surface area contributed by atoms with Crippen molar-refractivity contribution in [2.45, 2.75) is 32.0 Å². The van der Waals surface area contributed by atoms with E-state index in [1.807, 2.05) is 6.92 Å². The molecule has 1 aromatic carbocycles. The first kappa shape index (κ1) is 22.8. The van der Waals surface area contributed by atoms with Crippen LogP contribution in [0.15, 0.2) is 18.2 Å². The molecule has 134 valence electrons. The van der Waals surface area contributed by atoms with E-state index in [1.54, 1.807) is 6.07 Å². The lowest BCUT2D eigenvalue weighted by atomic mass is 9.94. The molecule has 1 atom stereocenters. The Morgan fingerprint density at radius 1 is 1.22 bits per heavy atom. The number of nitrogens with one attached hydrogen (secondary N) is 1. The molecule has 0 saturated carbocycles. The fourth-order valence-electron chi connectivity index (χ4n) is 2.87. The minimum atomic E-state index is -4.37. The Kier molecular flexibility index (Phi) is 9.86. The Morgan fingerprint density at radius 2 is 1.83 bits per heavy atom. The standard InChI is InChI=1S/C15H20ClF3N2.2ClH/c1-2-3-14(21-8-6-20-7-9-21)12-5-4-11(16)10-13(12)15(17,18)19;;/h4-5,10,14,20H,2-3,6-9H2,1H3;2*1H/t14-;;/m1../s1. The normalized spacial score (nSPS) is 17.1. The molecule has 0 spiro atoms. The smallest absolute Gasteiger partial charge is 0.314 e. The summed E-state index contributed by atoms with van der Waals surface area (Å²) < 4.78 is 39.9. The second-order valence-corrected chi connectivity index (χ2v) is 5.76. The SMILES string of the molecule is CCC[C@H](c1ccc(Cl)cc1C(F)(F)F)N1CCNCC1.Cl.Cl. The quantitative estimate of drug-likeness (QED) is 0.778. The van der Waals surface area contributed by atoms with Gasteiger partial charge in [0.05, 0.1) is 5.56 Å². The number of benzene rings is 1. The molecule has 1 aromatic rings. The van der Waals surface area contributed by atoms with E-state index in [0.717, 1.165) is 38.7 Å². The van der Waals surface area contributed by atoms with Crippen LogP contribution in [0.4, 0.5) is 13.2 Å². The molecule has 0 bridgehead atoms. The van der Waals surface area contributed by atoms with Crippen molar-refractivity contribution in [1.82, 2.24) is 10.2 Å². The van der Waals surface area contributed by atoms with Crippen molar-refractivity contribution in [1.29, 1.82) is 0 Å². The van der Waals surface area contributed by atoms with E-state index < -0.39 is 11.7 Å².